The van der Waals surface area contributed by atoms with E-state index in [9.17, 15) is 4.79 Å². The van der Waals surface area contributed by atoms with Gasteiger partial charge in [-0.2, -0.15) is 5.10 Å². The third-order valence-corrected chi connectivity index (χ3v) is 4.10. The summed E-state index contributed by atoms with van der Waals surface area (Å²) in [5.41, 5.74) is 0.295. The van der Waals surface area contributed by atoms with Crippen molar-refractivity contribution >= 4 is 17.3 Å². The molecule has 0 aliphatic carbocycles. The van der Waals surface area contributed by atoms with Gasteiger partial charge < -0.3 is 10.1 Å². The van der Waals surface area contributed by atoms with Gasteiger partial charge in [0, 0.05) is 0 Å². The Labute approximate surface area is 116 Å². The Morgan fingerprint density at radius 3 is 3.11 bits per heavy atom. The molecule has 3 unspecified atom stereocenters. The summed E-state index contributed by atoms with van der Waals surface area (Å²) in [6.07, 6.45) is 6.97. The average Bonchev–Trinajstić information content (AvgIpc) is 3.01. The van der Waals surface area contributed by atoms with Crippen LogP contribution in [0, 0.1) is 0 Å². The number of rotatable bonds is 4. The van der Waals surface area contributed by atoms with Gasteiger partial charge in [-0.1, -0.05) is 17.7 Å². The van der Waals surface area contributed by atoms with E-state index in [1.54, 1.807) is 12.3 Å². The standard InChI is InChI=1S/C13H16ClN3O2/c1-2-5-17-13(18)12(14)10(7-15-17)16-9-6-8-3-4-11(9)19-8/h2,7-9,11,16H,1,3-6H2. The molecule has 102 valence electrons. The van der Waals surface area contributed by atoms with Gasteiger partial charge in [0.05, 0.1) is 36.7 Å². The van der Waals surface area contributed by atoms with E-state index in [1.165, 1.54) is 4.68 Å². The van der Waals surface area contributed by atoms with Crippen molar-refractivity contribution in [2.24, 2.45) is 0 Å². The lowest BCUT2D eigenvalue weighted by molar-refractivity contribution is 0.102. The maximum atomic E-state index is 12.0. The van der Waals surface area contributed by atoms with E-state index in [4.69, 9.17) is 16.3 Å². The van der Waals surface area contributed by atoms with Gasteiger partial charge >= 0.3 is 0 Å². The molecule has 0 saturated carbocycles. The highest BCUT2D eigenvalue weighted by Gasteiger charge is 2.40. The zero-order valence-electron chi connectivity index (χ0n) is 10.5. The predicted molar refractivity (Wildman–Crippen MR) is 73.6 cm³/mol. The Bertz CT molecular complexity index is 557. The Morgan fingerprint density at radius 1 is 1.63 bits per heavy atom. The fraction of sp³-hybridized carbons (Fsp3) is 0.538. The van der Waals surface area contributed by atoms with E-state index < -0.39 is 0 Å². The van der Waals surface area contributed by atoms with Gasteiger partial charge in [0.25, 0.3) is 5.56 Å². The summed E-state index contributed by atoms with van der Waals surface area (Å²) >= 11 is 6.10. The van der Waals surface area contributed by atoms with Crippen molar-refractivity contribution in [1.82, 2.24) is 9.78 Å². The normalized spacial score (nSPS) is 28.6. The van der Waals surface area contributed by atoms with Crippen LogP contribution in [0.4, 0.5) is 5.69 Å². The van der Waals surface area contributed by atoms with Crippen molar-refractivity contribution in [2.75, 3.05) is 5.32 Å². The van der Waals surface area contributed by atoms with Crippen LogP contribution in [-0.2, 0) is 11.3 Å². The monoisotopic (exact) mass is 281 g/mol. The summed E-state index contributed by atoms with van der Waals surface area (Å²) in [7, 11) is 0. The lowest BCUT2D eigenvalue weighted by Gasteiger charge is -2.21. The molecule has 1 aromatic rings. The van der Waals surface area contributed by atoms with Crippen LogP contribution < -0.4 is 10.9 Å². The van der Waals surface area contributed by atoms with Crippen LogP contribution in [0.15, 0.2) is 23.6 Å². The first kappa shape index (κ1) is 12.7. The van der Waals surface area contributed by atoms with Crippen LogP contribution in [0.5, 0.6) is 0 Å². The molecule has 1 aromatic heterocycles. The molecule has 0 aromatic carbocycles. The zero-order valence-corrected chi connectivity index (χ0v) is 11.3. The summed E-state index contributed by atoms with van der Waals surface area (Å²) in [4.78, 5) is 12.0. The molecular weight excluding hydrogens is 266 g/mol. The molecule has 19 heavy (non-hydrogen) atoms. The molecule has 2 aliphatic heterocycles. The highest BCUT2D eigenvalue weighted by molar-refractivity contribution is 6.32. The third kappa shape index (κ3) is 2.28. The number of fused-ring (bicyclic) bond motifs is 2. The van der Waals surface area contributed by atoms with Gasteiger partial charge in [0.2, 0.25) is 0 Å². The second-order valence-corrected chi connectivity index (χ2v) is 5.39. The Hall–Kier alpha value is -1.33. The summed E-state index contributed by atoms with van der Waals surface area (Å²) in [5, 5.41) is 7.55. The molecule has 2 fully saturated rings. The number of nitrogens with zero attached hydrogens (tertiary/aromatic N) is 2. The van der Waals surface area contributed by atoms with Crippen molar-refractivity contribution in [1.29, 1.82) is 0 Å². The largest absolute Gasteiger partial charge is 0.377 e. The van der Waals surface area contributed by atoms with Crippen LogP contribution >= 0.6 is 11.6 Å². The van der Waals surface area contributed by atoms with Crippen molar-refractivity contribution < 1.29 is 4.74 Å². The van der Waals surface area contributed by atoms with Gasteiger partial charge in [-0.05, 0) is 19.3 Å². The Morgan fingerprint density at radius 2 is 2.47 bits per heavy atom. The number of anilines is 1. The fourth-order valence-corrected chi connectivity index (χ4v) is 3.01. The SMILES string of the molecule is C=CCn1ncc(NC2CC3CCC2O3)c(Cl)c1=O. The Balaban J connectivity index is 1.80. The molecule has 3 rings (SSSR count). The van der Waals surface area contributed by atoms with Crippen LogP contribution in [0.25, 0.3) is 0 Å². The van der Waals surface area contributed by atoms with Crippen molar-refractivity contribution in [3.05, 3.63) is 34.2 Å². The van der Waals surface area contributed by atoms with E-state index in [-0.39, 0.29) is 22.7 Å². The van der Waals surface area contributed by atoms with E-state index in [1.807, 2.05) is 0 Å². The quantitative estimate of drug-likeness (QED) is 0.855. The molecule has 0 spiro atoms. The number of allylic oxidation sites excluding steroid dienone is 1. The zero-order chi connectivity index (χ0) is 13.4. The molecule has 2 aliphatic rings. The van der Waals surface area contributed by atoms with E-state index >= 15 is 0 Å². The van der Waals surface area contributed by atoms with Crippen LogP contribution in [0.1, 0.15) is 19.3 Å². The molecule has 1 N–H and O–H groups in total. The van der Waals surface area contributed by atoms with Crippen LogP contribution in [0.2, 0.25) is 5.02 Å². The molecule has 3 heterocycles. The maximum absolute atomic E-state index is 12.0. The number of nitrogens with one attached hydrogen (secondary N) is 1. The molecule has 0 amide bonds. The van der Waals surface area contributed by atoms with Crippen molar-refractivity contribution in [2.45, 2.75) is 44.1 Å². The smallest absolute Gasteiger partial charge is 0.287 e. The molecule has 3 atom stereocenters. The fourth-order valence-electron chi connectivity index (χ4n) is 2.81. The highest BCUT2D eigenvalue weighted by atomic mass is 35.5. The summed E-state index contributed by atoms with van der Waals surface area (Å²) < 4.78 is 7.06. The average molecular weight is 282 g/mol. The topological polar surface area (TPSA) is 56.1 Å². The highest BCUT2D eigenvalue weighted by Crippen LogP contribution is 2.36. The van der Waals surface area contributed by atoms with Gasteiger partial charge in [0.15, 0.2) is 0 Å². The van der Waals surface area contributed by atoms with Gasteiger partial charge in [-0.3, -0.25) is 4.79 Å². The first-order valence-electron chi connectivity index (χ1n) is 6.47. The summed E-state index contributed by atoms with van der Waals surface area (Å²) in [6.45, 7) is 3.94. The Kier molecular flexibility index (Phi) is 3.33. The number of hydrogen-bond acceptors (Lipinski definition) is 4. The summed E-state index contributed by atoms with van der Waals surface area (Å²) in [5.74, 6) is 0. The number of halogens is 1. The van der Waals surface area contributed by atoms with Gasteiger partial charge in [-0.15, -0.1) is 6.58 Å². The van der Waals surface area contributed by atoms with Crippen LogP contribution in [0.3, 0.4) is 0 Å². The number of hydrogen-bond donors (Lipinski definition) is 1. The van der Waals surface area contributed by atoms with E-state index in [0.29, 0.717) is 18.3 Å². The predicted octanol–water partition coefficient (Wildman–Crippen LogP) is 1.81. The lowest BCUT2D eigenvalue weighted by Crippen LogP contribution is -2.32. The van der Waals surface area contributed by atoms with Crippen molar-refractivity contribution in [3.8, 4) is 0 Å². The van der Waals surface area contributed by atoms with Gasteiger partial charge in [-0.25, -0.2) is 4.68 Å². The lowest BCUT2D eigenvalue weighted by atomic mass is 9.95. The minimum atomic E-state index is -0.296. The third-order valence-electron chi connectivity index (χ3n) is 3.73. The second kappa shape index (κ2) is 4.98. The molecule has 5 nitrogen and oxygen atoms in total. The second-order valence-electron chi connectivity index (χ2n) is 5.01. The van der Waals surface area contributed by atoms with Crippen molar-refractivity contribution in [3.63, 3.8) is 0 Å². The first-order valence-corrected chi connectivity index (χ1v) is 6.85. The van der Waals surface area contributed by atoms with Gasteiger partial charge in [0.1, 0.15) is 5.02 Å². The van der Waals surface area contributed by atoms with Crippen LogP contribution in [-0.4, -0.2) is 28.0 Å². The minimum absolute atomic E-state index is 0.180. The molecule has 2 bridgehead atoms. The summed E-state index contributed by atoms with van der Waals surface area (Å²) in [6, 6.07) is 0.229. The van der Waals surface area contributed by atoms with E-state index in [0.717, 1.165) is 19.3 Å². The maximum Gasteiger partial charge on any atom is 0.287 e. The first-order chi connectivity index (χ1) is 9.19. The molecule has 0 radical (unpaired) electrons. The molecular formula is C13H16ClN3O2. The van der Waals surface area contributed by atoms with E-state index in [2.05, 4.69) is 17.0 Å². The molecule has 2 saturated heterocycles. The number of ether oxygens (including phenoxy) is 1. The molecule has 6 heteroatoms. The number of aromatic nitrogens is 2. The minimum Gasteiger partial charge on any atom is -0.377 e.